The van der Waals surface area contributed by atoms with Crippen molar-refractivity contribution in [2.75, 3.05) is 0 Å². The minimum absolute atomic E-state index is 1.28. The lowest BCUT2D eigenvalue weighted by Crippen LogP contribution is -2.06. The van der Waals surface area contributed by atoms with Crippen LogP contribution in [0, 0.1) is 0 Å². The fraction of sp³-hybridized carbons (Fsp3) is 0.727. The summed E-state index contributed by atoms with van der Waals surface area (Å²) in [5, 5.41) is 0. The molecule has 0 N–H and O–H groups in total. The summed E-state index contributed by atoms with van der Waals surface area (Å²) in [6.07, 6.45) is 15.7. The van der Waals surface area contributed by atoms with Crippen molar-refractivity contribution < 1.29 is 0 Å². The molecule has 0 nitrogen and oxygen atoms in total. The summed E-state index contributed by atoms with van der Waals surface area (Å²) < 4.78 is 0. The van der Waals surface area contributed by atoms with Gasteiger partial charge in [-0.2, -0.15) is 0 Å². The molecule has 0 amide bonds. The zero-order valence-corrected chi connectivity index (χ0v) is 15.6. The summed E-state index contributed by atoms with van der Waals surface area (Å²) in [4.78, 5) is 0. The van der Waals surface area contributed by atoms with Crippen molar-refractivity contribution in [1.29, 1.82) is 0 Å². The van der Waals surface area contributed by atoms with Crippen LogP contribution in [0.15, 0.2) is 12.1 Å². The molecule has 0 aliphatic rings. The van der Waals surface area contributed by atoms with Gasteiger partial charge in [0.2, 0.25) is 0 Å². The van der Waals surface area contributed by atoms with Gasteiger partial charge in [0.05, 0.1) is 0 Å². The summed E-state index contributed by atoms with van der Waals surface area (Å²) in [6.45, 7) is 9.25. The quantitative estimate of drug-likeness (QED) is 0.388. The molecule has 0 heterocycles. The molecular weight excluding hydrogens is 264 g/mol. The van der Waals surface area contributed by atoms with Gasteiger partial charge in [0.15, 0.2) is 0 Å². The van der Waals surface area contributed by atoms with E-state index in [1.165, 1.54) is 77.0 Å². The van der Waals surface area contributed by atoms with E-state index in [0.29, 0.717) is 0 Å². The Morgan fingerprint density at radius 1 is 0.500 bits per heavy atom. The van der Waals surface area contributed by atoms with Crippen molar-refractivity contribution in [2.24, 2.45) is 0 Å². The first kappa shape index (κ1) is 19.3. The van der Waals surface area contributed by atoms with Gasteiger partial charge in [-0.25, -0.2) is 0 Å². The Morgan fingerprint density at radius 2 is 0.818 bits per heavy atom. The number of aryl methyl sites for hydroxylation is 2. The lowest BCUT2D eigenvalue weighted by atomic mass is 9.86. The van der Waals surface area contributed by atoms with Gasteiger partial charge in [0, 0.05) is 0 Å². The van der Waals surface area contributed by atoms with Crippen molar-refractivity contribution in [3.63, 3.8) is 0 Å². The normalized spacial score (nSPS) is 11.1. The Morgan fingerprint density at radius 3 is 1.14 bits per heavy atom. The molecule has 0 saturated heterocycles. The van der Waals surface area contributed by atoms with E-state index in [0.717, 1.165) is 0 Å². The molecule has 0 aliphatic carbocycles. The summed E-state index contributed by atoms with van der Waals surface area (Å²) >= 11 is 0. The van der Waals surface area contributed by atoms with E-state index in [1.807, 2.05) is 0 Å². The summed E-state index contributed by atoms with van der Waals surface area (Å²) in [7, 11) is 0. The second-order valence-electron chi connectivity index (χ2n) is 6.76. The van der Waals surface area contributed by atoms with Crippen LogP contribution in [-0.4, -0.2) is 0 Å². The van der Waals surface area contributed by atoms with E-state index in [4.69, 9.17) is 0 Å². The first-order valence-corrected chi connectivity index (χ1v) is 9.90. The lowest BCUT2D eigenvalue weighted by molar-refractivity contribution is 0.718. The molecule has 22 heavy (non-hydrogen) atoms. The Kier molecular flexibility index (Phi) is 10.3. The van der Waals surface area contributed by atoms with Crippen molar-refractivity contribution in [3.8, 4) is 0 Å². The average Bonchev–Trinajstić information content (AvgIpc) is 2.55. The monoisotopic (exact) mass is 302 g/mol. The topological polar surface area (TPSA) is 0 Å². The van der Waals surface area contributed by atoms with Crippen LogP contribution in [0.3, 0.4) is 0 Å². The fourth-order valence-electron chi connectivity index (χ4n) is 3.32. The van der Waals surface area contributed by atoms with Gasteiger partial charge in [-0.3, -0.25) is 0 Å². The molecule has 0 saturated carbocycles. The van der Waals surface area contributed by atoms with Gasteiger partial charge in [-0.1, -0.05) is 65.5 Å². The van der Waals surface area contributed by atoms with E-state index in [9.17, 15) is 0 Å². The second kappa shape index (κ2) is 11.7. The minimum Gasteiger partial charge on any atom is -0.0654 e. The van der Waals surface area contributed by atoms with Gasteiger partial charge in [-0.05, 0) is 73.6 Å². The molecule has 0 spiro atoms. The Labute approximate surface area is 139 Å². The SMILES string of the molecule is CCCCc1ccc(CCCC)c(CCCC)c1CCCC. The molecule has 0 aliphatic heterocycles. The second-order valence-corrected chi connectivity index (χ2v) is 6.76. The zero-order valence-electron chi connectivity index (χ0n) is 15.6. The number of rotatable bonds is 12. The van der Waals surface area contributed by atoms with Crippen LogP contribution in [0.25, 0.3) is 0 Å². The highest BCUT2D eigenvalue weighted by molar-refractivity contribution is 5.42. The van der Waals surface area contributed by atoms with Crippen LogP contribution in [0.2, 0.25) is 0 Å². The molecule has 0 aromatic heterocycles. The minimum atomic E-state index is 1.28. The Balaban J connectivity index is 3.11. The van der Waals surface area contributed by atoms with Crippen LogP contribution in [0.4, 0.5) is 0 Å². The van der Waals surface area contributed by atoms with Crippen LogP contribution < -0.4 is 0 Å². The average molecular weight is 303 g/mol. The van der Waals surface area contributed by atoms with E-state index in [2.05, 4.69) is 39.8 Å². The predicted molar refractivity (Wildman–Crippen MR) is 101 cm³/mol. The van der Waals surface area contributed by atoms with E-state index >= 15 is 0 Å². The molecule has 0 heteroatoms. The molecule has 1 aromatic carbocycles. The number of hydrogen-bond donors (Lipinski definition) is 0. The molecule has 0 bridgehead atoms. The highest BCUT2D eigenvalue weighted by Gasteiger charge is 2.12. The van der Waals surface area contributed by atoms with Crippen LogP contribution in [0.5, 0.6) is 0 Å². The smallest absolute Gasteiger partial charge is 0.0273 e. The standard InChI is InChI=1S/C22H38/c1-5-9-13-19-17-18-20(14-10-6-2)22(16-12-8-4)21(19)15-11-7-3/h17-18H,5-16H2,1-4H3. The number of hydrogen-bond acceptors (Lipinski definition) is 0. The largest absolute Gasteiger partial charge is 0.0654 e. The van der Waals surface area contributed by atoms with Gasteiger partial charge in [0.1, 0.15) is 0 Å². The molecule has 0 atom stereocenters. The predicted octanol–water partition coefficient (Wildman–Crippen LogP) is 7.06. The highest BCUT2D eigenvalue weighted by atomic mass is 14.2. The first-order valence-electron chi connectivity index (χ1n) is 9.90. The lowest BCUT2D eigenvalue weighted by Gasteiger charge is -2.19. The van der Waals surface area contributed by atoms with Crippen LogP contribution in [-0.2, 0) is 25.7 Å². The fourth-order valence-corrected chi connectivity index (χ4v) is 3.32. The van der Waals surface area contributed by atoms with Crippen molar-refractivity contribution in [2.45, 2.75) is 105 Å². The van der Waals surface area contributed by atoms with Crippen molar-refractivity contribution >= 4 is 0 Å². The molecule has 126 valence electrons. The number of benzene rings is 1. The third-order valence-electron chi connectivity index (χ3n) is 4.79. The van der Waals surface area contributed by atoms with E-state index in [-0.39, 0.29) is 0 Å². The third kappa shape index (κ3) is 6.15. The van der Waals surface area contributed by atoms with Gasteiger partial charge >= 0.3 is 0 Å². The first-order chi connectivity index (χ1) is 10.8. The molecule has 0 unspecified atom stereocenters. The molecule has 1 rings (SSSR count). The maximum Gasteiger partial charge on any atom is -0.0273 e. The molecule has 1 aromatic rings. The number of unbranched alkanes of at least 4 members (excludes halogenated alkanes) is 4. The van der Waals surface area contributed by atoms with E-state index < -0.39 is 0 Å². The van der Waals surface area contributed by atoms with Gasteiger partial charge in [0.25, 0.3) is 0 Å². The maximum atomic E-state index is 2.46. The summed E-state index contributed by atoms with van der Waals surface area (Å²) in [5.74, 6) is 0. The van der Waals surface area contributed by atoms with Gasteiger partial charge < -0.3 is 0 Å². The summed E-state index contributed by atoms with van der Waals surface area (Å²) in [6, 6.07) is 4.92. The Bertz CT molecular complexity index is 364. The van der Waals surface area contributed by atoms with Crippen LogP contribution in [0.1, 0.15) is 101 Å². The third-order valence-corrected chi connectivity index (χ3v) is 4.79. The highest BCUT2D eigenvalue weighted by Crippen LogP contribution is 2.26. The summed E-state index contributed by atoms with van der Waals surface area (Å²) in [5.41, 5.74) is 6.78. The van der Waals surface area contributed by atoms with Gasteiger partial charge in [-0.15, -0.1) is 0 Å². The molecule has 0 fully saturated rings. The van der Waals surface area contributed by atoms with Crippen LogP contribution >= 0.6 is 0 Å². The molecular formula is C22H38. The Hall–Kier alpha value is -0.780. The van der Waals surface area contributed by atoms with Crippen molar-refractivity contribution in [1.82, 2.24) is 0 Å². The molecule has 0 radical (unpaired) electrons. The van der Waals surface area contributed by atoms with E-state index in [1.54, 1.807) is 22.3 Å². The van der Waals surface area contributed by atoms with Crippen molar-refractivity contribution in [3.05, 3.63) is 34.4 Å². The maximum absolute atomic E-state index is 2.46. The zero-order chi connectivity index (χ0) is 16.2.